The van der Waals surface area contributed by atoms with E-state index in [1.807, 2.05) is 0 Å². The Kier molecular flexibility index (Phi) is 9.77. The van der Waals surface area contributed by atoms with Crippen molar-refractivity contribution >= 4 is 23.9 Å². The molecule has 0 unspecified atom stereocenters. The van der Waals surface area contributed by atoms with Gasteiger partial charge in [-0.25, -0.2) is 19.2 Å². The summed E-state index contributed by atoms with van der Waals surface area (Å²) >= 11 is 0. The van der Waals surface area contributed by atoms with Gasteiger partial charge in [-0.1, -0.05) is 13.2 Å². The van der Waals surface area contributed by atoms with Gasteiger partial charge in [-0.05, 0) is 72.8 Å². The highest BCUT2D eigenvalue weighted by molar-refractivity contribution is 5.94. The van der Waals surface area contributed by atoms with Crippen molar-refractivity contribution in [3.63, 3.8) is 0 Å². The Hall–Kier alpha value is -5.38. The molecular weight excluding hydrogens is 496 g/mol. The van der Waals surface area contributed by atoms with E-state index in [-0.39, 0.29) is 36.2 Å². The maximum Gasteiger partial charge on any atom is 0.343 e. The molecule has 3 aromatic rings. The van der Waals surface area contributed by atoms with E-state index in [9.17, 15) is 19.2 Å². The predicted octanol–water partition coefficient (Wildman–Crippen LogP) is 4.26. The van der Waals surface area contributed by atoms with E-state index in [0.29, 0.717) is 11.5 Å². The molecule has 0 N–H and O–H groups in total. The van der Waals surface area contributed by atoms with Crippen LogP contribution in [-0.4, -0.2) is 37.5 Å². The van der Waals surface area contributed by atoms with Crippen molar-refractivity contribution in [1.82, 2.24) is 0 Å². The fourth-order valence-corrected chi connectivity index (χ4v) is 2.71. The lowest BCUT2D eigenvalue weighted by Crippen LogP contribution is -2.11. The lowest BCUT2D eigenvalue weighted by atomic mass is 10.1. The molecule has 0 aliphatic carbocycles. The molecule has 0 aliphatic rings. The van der Waals surface area contributed by atoms with E-state index in [4.69, 9.17) is 28.4 Å². The Labute approximate surface area is 217 Å². The van der Waals surface area contributed by atoms with Crippen LogP contribution in [0.5, 0.6) is 23.0 Å². The highest BCUT2D eigenvalue weighted by Gasteiger charge is 2.13. The first-order valence-corrected chi connectivity index (χ1v) is 11.0. The molecular formula is C28H22O10. The molecule has 10 heteroatoms. The van der Waals surface area contributed by atoms with Gasteiger partial charge in [-0.2, -0.15) is 0 Å². The Morgan fingerprint density at radius 2 is 0.842 bits per heavy atom. The van der Waals surface area contributed by atoms with Crippen molar-refractivity contribution in [3.05, 3.63) is 109 Å². The average molecular weight is 518 g/mol. The summed E-state index contributed by atoms with van der Waals surface area (Å²) in [4.78, 5) is 46.9. The van der Waals surface area contributed by atoms with Crippen LogP contribution >= 0.6 is 0 Å². The minimum absolute atomic E-state index is 0.219. The van der Waals surface area contributed by atoms with Crippen molar-refractivity contribution in [2.75, 3.05) is 13.6 Å². The fourth-order valence-electron chi connectivity index (χ4n) is 2.71. The summed E-state index contributed by atoms with van der Waals surface area (Å²) in [5, 5.41) is 0. The molecule has 0 aromatic heterocycles. The molecule has 0 bridgehead atoms. The second-order valence-electron chi connectivity index (χ2n) is 7.16. The van der Waals surface area contributed by atoms with Crippen LogP contribution in [0.2, 0.25) is 0 Å². The molecule has 38 heavy (non-hydrogen) atoms. The number of benzene rings is 3. The van der Waals surface area contributed by atoms with Crippen LogP contribution < -0.4 is 18.9 Å². The topological polar surface area (TPSA) is 124 Å². The number of ether oxygens (including phenoxy) is 6. The number of carbonyl (C=O) groups is 4. The average Bonchev–Trinajstić information content (AvgIpc) is 2.94. The van der Waals surface area contributed by atoms with Crippen LogP contribution in [0.1, 0.15) is 20.7 Å². The predicted molar refractivity (Wildman–Crippen MR) is 133 cm³/mol. The van der Waals surface area contributed by atoms with E-state index in [1.54, 1.807) is 24.3 Å². The van der Waals surface area contributed by atoms with Crippen molar-refractivity contribution in [2.45, 2.75) is 0 Å². The number of hydrogen-bond donors (Lipinski definition) is 0. The number of carbonyl (C=O) groups excluding carboxylic acids is 4. The van der Waals surface area contributed by atoms with Gasteiger partial charge in [0.25, 0.3) is 0 Å². The Balaban J connectivity index is 1.48. The van der Waals surface area contributed by atoms with Gasteiger partial charge < -0.3 is 28.4 Å². The fraction of sp³-hybridized carbons (Fsp3) is 0.0714. The molecule has 0 saturated carbocycles. The van der Waals surface area contributed by atoms with Gasteiger partial charge in [0.1, 0.15) is 23.0 Å². The minimum atomic E-state index is -0.632. The van der Waals surface area contributed by atoms with Crippen molar-refractivity contribution in [2.24, 2.45) is 0 Å². The molecule has 3 rings (SSSR count). The molecule has 194 valence electrons. The molecule has 3 aromatic carbocycles. The molecule has 0 atom stereocenters. The standard InChI is InChI=1S/C28H22O10/c1-3-25(29)35-17-33-21-9-13-23(14-10-21)37-27(31)19-5-7-20(8-6-19)28(32)38-24-15-11-22(12-16-24)34-18-36-26(30)4-2/h3-16H,1-2,17-18H2. The second kappa shape index (κ2) is 13.6. The minimum Gasteiger partial charge on any atom is -0.457 e. The summed E-state index contributed by atoms with van der Waals surface area (Å²) in [6.45, 7) is 5.99. The van der Waals surface area contributed by atoms with Gasteiger partial charge in [0.15, 0.2) is 0 Å². The van der Waals surface area contributed by atoms with Crippen molar-refractivity contribution in [1.29, 1.82) is 0 Å². The monoisotopic (exact) mass is 518 g/mol. The summed E-state index contributed by atoms with van der Waals surface area (Å²) in [6.07, 6.45) is 2.04. The first-order valence-electron chi connectivity index (χ1n) is 11.0. The molecule has 0 saturated heterocycles. The molecule has 0 fully saturated rings. The largest absolute Gasteiger partial charge is 0.457 e. The van der Waals surface area contributed by atoms with E-state index >= 15 is 0 Å². The zero-order valence-electron chi connectivity index (χ0n) is 20.0. The summed E-state index contributed by atoms with van der Waals surface area (Å²) in [5.41, 5.74) is 0.439. The van der Waals surface area contributed by atoms with Crippen LogP contribution in [0.25, 0.3) is 0 Å². The third-order valence-corrected chi connectivity index (χ3v) is 4.61. The van der Waals surface area contributed by atoms with Gasteiger partial charge >= 0.3 is 23.9 Å². The Bertz CT molecular complexity index is 1190. The Morgan fingerprint density at radius 1 is 0.526 bits per heavy atom. The van der Waals surface area contributed by atoms with Gasteiger partial charge in [-0.3, -0.25) is 0 Å². The lowest BCUT2D eigenvalue weighted by molar-refractivity contribution is -0.145. The maximum atomic E-state index is 12.4. The van der Waals surface area contributed by atoms with Crippen LogP contribution in [0.3, 0.4) is 0 Å². The first-order chi connectivity index (χ1) is 18.4. The number of hydrogen-bond acceptors (Lipinski definition) is 10. The molecule has 0 amide bonds. The maximum absolute atomic E-state index is 12.4. The third-order valence-electron chi connectivity index (χ3n) is 4.61. The first kappa shape index (κ1) is 27.2. The summed E-state index contributed by atoms with van der Waals surface area (Å²) in [5.74, 6) is -1.15. The summed E-state index contributed by atoms with van der Waals surface area (Å²) in [7, 11) is 0. The molecule has 0 heterocycles. The van der Waals surface area contributed by atoms with Crippen LogP contribution in [0, 0.1) is 0 Å². The van der Waals surface area contributed by atoms with Crippen LogP contribution in [-0.2, 0) is 19.1 Å². The SMILES string of the molecule is C=CC(=O)OCOc1ccc(OC(=O)c2ccc(C(=O)Oc3ccc(OCOC(=O)C=C)cc3)cc2)cc1. The number of esters is 4. The van der Waals surface area contributed by atoms with E-state index in [1.165, 1.54) is 48.5 Å². The molecule has 10 nitrogen and oxygen atoms in total. The number of rotatable bonds is 12. The van der Waals surface area contributed by atoms with Gasteiger partial charge in [0.05, 0.1) is 11.1 Å². The van der Waals surface area contributed by atoms with Crippen LogP contribution in [0.4, 0.5) is 0 Å². The zero-order valence-corrected chi connectivity index (χ0v) is 20.0. The Morgan fingerprint density at radius 3 is 1.16 bits per heavy atom. The normalized spacial score (nSPS) is 9.89. The molecule has 0 radical (unpaired) electrons. The smallest absolute Gasteiger partial charge is 0.343 e. The van der Waals surface area contributed by atoms with Gasteiger partial charge in [0.2, 0.25) is 13.6 Å². The van der Waals surface area contributed by atoms with Crippen LogP contribution in [0.15, 0.2) is 98.1 Å². The lowest BCUT2D eigenvalue weighted by Gasteiger charge is -2.09. The summed E-state index contributed by atoms with van der Waals surface area (Å²) < 4.78 is 30.5. The quantitative estimate of drug-likeness (QED) is 0.149. The molecule has 0 spiro atoms. The second-order valence-corrected chi connectivity index (χ2v) is 7.16. The van der Waals surface area contributed by atoms with Crippen molar-refractivity contribution < 1.29 is 47.6 Å². The summed E-state index contributed by atoms with van der Waals surface area (Å²) in [6, 6.07) is 18.0. The van der Waals surface area contributed by atoms with Gasteiger partial charge in [-0.15, -0.1) is 0 Å². The van der Waals surface area contributed by atoms with Crippen molar-refractivity contribution in [3.8, 4) is 23.0 Å². The zero-order chi connectivity index (χ0) is 27.3. The van der Waals surface area contributed by atoms with E-state index in [0.717, 1.165) is 12.2 Å². The van der Waals surface area contributed by atoms with E-state index in [2.05, 4.69) is 13.2 Å². The third kappa shape index (κ3) is 8.38. The van der Waals surface area contributed by atoms with E-state index < -0.39 is 23.9 Å². The molecule has 0 aliphatic heterocycles. The van der Waals surface area contributed by atoms with Gasteiger partial charge in [0, 0.05) is 12.2 Å². The highest BCUT2D eigenvalue weighted by atomic mass is 16.7. The highest BCUT2D eigenvalue weighted by Crippen LogP contribution is 2.21.